The minimum absolute atomic E-state index is 0.101. The van der Waals surface area contributed by atoms with Gasteiger partial charge in [0.05, 0.1) is 35.2 Å². The van der Waals surface area contributed by atoms with E-state index in [1.165, 1.54) is 30.2 Å². The third-order valence-electron chi connectivity index (χ3n) is 5.72. The largest absolute Gasteiger partial charge is 0.419 e. The molecule has 0 bridgehead atoms. The topological polar surface area (TPSA) is 111 Å². The average Bonchev–Trinajstić information content (AvgIpc) is 3.11. The Labute approximate surface area is 201 Å². The highest BCUT2D eigenvalue weighted by Crippen LogP contribution is 2.33. The number of hydrogen-bond acceptors (Lipinski definition) is 8. The zero-order valence-corrected chi connectivity index (χ0v) is 19.3. The van der Waals surface area contributed by atoms with Gasteiger partial charge in [-0.25, -0.2) is 9.97 Å². The van der Waals surface area contributed by atoms with E-state index in [2.05, 4.69) is 30.4 Å². The summed E-state index contributed by atoms with van der Waals surface area (Å²) in [7, 11) is 1.60. The fourth-order valence-electron chi connectivity index (χ4n) is 3.85. The molecule has 192 valence electrons. The summed E-state index contributed by atoms with van der Waals surface area (Å²) in [6.07, 6.45) is -3.89. The summed E-state index contributed by atoms with van der Waals surface area (Å²) in [4.78, 5) is 30.0. The van der Waals surface area contributed by atoms with Gasteiger partial charge in [-0.15, -0.1) is 0 Å². The zero-order chi connectivity index (χ0) is 26.3. The van der Waals surface area contributed by atoms with Gasteiger partial charge in [0.15, 0.2) is 5.69 Å². The van der Waals surface area contributed by atoms with E-state index in [0.29, 0.717) is 29.3 Å². The first-order valence-electron chi connectivity index (χ1n) is 10.7. The molecule has 1 N–H and O–H groups in total. The molecule has 36 heavy (non-hydrogen) atoms. The maximum Gasteiger partial charge on any atom is 0.419 e. The number of nitrogens with zero attached hydrogens (tertiary/aromatic N) is 7. The summed E-state index contributed by atoms with van der Waals surface area (Å²) in [5.41, 5.74) is 0.111. The van der Waals surface area contributed by atoms with Crippen molar-refractivity contribution in [3.05, 3.63) is 47.9 Å². The molecule has 0 unspecified atom stereocenters. The first kappa shape index (κ1) is 25.3. The Kier molecular flexibility index (Phi) is 6.60. The van der Waals surface area contributed by atoms with Crippen molar-refractivity contribution in [3.8, 4) is 11.3 Å². The molecule has 3 aromatic heterocycles. The highest BCUT2D eigenvalue weighted by Gasteiger charge is 2.48. The number of halogens is 5. The van der Waals surface area contributed by atoms with Crippen LogP contribution in [0, 0.1) is 6.92 Å². The van der Waals surface area contributed by atoms with Crippen molar-refractivity contribution in [2.75, 3.05) is 18.4 Å². The second kappa shape index (κ2) is 9.37. The van der Waals surface area contributed by atoms with Crippen molar-refractivity contribution in [3.63, 3.8) is 0 Å². The number of nitrogens with one attached hydrogen (secondary N) is 1. The van der Waals surface area contributed by atoms with Crippen molar-refractivity contribution in [2.45, 2.75) is 38.3 Å². The van der Waals surface area contributed by atoms with E-state index in [0.717, 1.165) is 4.90 Å². The summed E-state index contributed by atoms with van der Waals surface area (Å²) in [5.74, 6) is -0.969. The minimum atomic E-state index is -4.61. The van der Waals surface area contributed by atoms with Crippen LogP contribution in [0.25, 0.3) is 11.3 Å². The Hall–Kier alpha value is -3.75. The monoisotopic (exact) mass is 512 g/mol. The summed E-state index contributed by atoms with van der Waals surface area (Å²) in [6.45, 7) is 1.82. The molecule has 3 aromatic rings. The molecule has 1 aliphatic rings. The SMILES string of the molecule is Cc1c(-c2cnccn2)c(C(=O)N2CC(F)(F)O[C@@H](C)[C@H]2CNc2ncc(C(F)(F)F)cn2)nn1C. The lowest BCUT2D eigenvalue weighted by molar-refractivity contribution is -0.298. The minimum Gasteiger partial charge on any atom is -0.352 e. The lowest BCUT2D eigenvalue weighted by Gasteiger charge is -2.42. The van der Waals surface area contributed by atoms with Crippen LogP contribution in [0.15, 0.2) is 31.0 Å². The normalized spacial score (nSPS) is 19.8. The predicted octanol–water partition coefficient (Wildman–Crippen LogP) is 2.93. The van der Waals surface area contributed by atoms with Crippen LogP contribution in [0.1, 0.15) is 28.7 Å². The first-order valence-corrected chi connectivity index (χ1v) is 10.7. The molecule has 10 nitrogen and oxygen atoms in total. The van der Waals surface area contributed by atoms with Crippen molar-refractivity contribution in [1.82, 2.24) is 34.6 Å². The molecular weight excluding hydrogens is 491 g/mol. The van der Waals surface area contributed by atoms with Crippen LogP contribution in [-0.4, -0.2) is 71.9 Å². The van der Waals surface area contributed by atoms with Gasteiger partial charge in [0.2, 0.25) is 5.95 Å². The van der Waals surface area contributed by atoms with Gasteiger partial charge in [0.1, 0.15) is 6.54 Å². The molecule has 0 saturated carbocycles. The molecule has 1 aliphatic heterocycles. The van der Waals surface area contributed by atoms with E-state index < -0.39 is 42.4 Å². The van der Waals surface area contributed by atoms with Crippen molar-refractivity contribution in [1.29, 1.82) is 0 Å². The van der Waals surface area contributed by atoms with Gasteiger partial charge in [0.25, 0.3) is 5.91 Å². The average molecular weight is 512 g/mol. The quantitative estimate of drug-likeness (QED) is 0.520. The van der Waals surface area contributed by atoms with Crippen LogP contribution < -0.4 is 5.32 Å². The first-order chi connectivity index (χ1) is 16.9. The number of carbonyl (C=O) groups excluding carboxylic acids is 1. The fourth-order valence-corrected chi connectivity index (χ4v) is 3.85. The fraction of sp³-hybridized carbons (Fsp3) is 0.429. The smallest absolute Gasteiger partial charge is 0.352 e. The number of amides is 1. The summed E-state index contributed by atoms with van der Waals surface area (Å²) >= 11 is 0. The standard InChI is InChI=1S/C21H21F5N8O2/c1-11-16(14-8-27-4-5-28-14)17(32-33(11)3)18(35)34-10-20(22,23)36-12(2)15(34)9-31-19-29-6-13(7-30-19)21(24,25)26/h4-8,12,15H,9-10H2,1-3H3,(H,29,30,31)/t12-,15+/m0/s1. The third kappa shape index (κ3) is 5.10. The molecule has 0 radical (unpaired) electrons. The highest BCUT2D eigenvalue weighted by atomic mass is 19.4. The number of aromatic nitrogens is 6. The molecule has 2 atom stereocenters. The van der Waals surface area contributed by atoms with Gasteiger partial charge in [-0.2, -0.15) is 27.1 Å². The molecule has 0 aliphatic carbocycles. The van der Waals surface area contributed by atoms with E-state index in [4.69, 9.17) is 4.74 Å². The van der Waals surface area contributed by atoms with Crippen LogP contribution >= 0.6 is 0 Å². The molecular formula is C21H21F5N8O2. The second-order valence-electron chi connectivity index (χ2n) is 8.16. The summed E-state index contributed by atoms with van der Waals surface area (Å²) in [6, 6.07) is -0.958. The van der Waals surface area contributed by atoms with Gasteiger partial charge in [-0.1, -0.05) is 0 Å². The van der Waals surface area contributed by atoms with Gasteiger partial charge in [-0.3, -0.25) is 19.4 Å². The number of aryl methyl sites for hydroxylation is 1. The Morgan fingerprint density at radius 2 is 1.89 bits per heavy atom. The highest BCUT2D eigenvalue weighted by molar-refractivity contribution is 5.99. The van der Waals surface area contributed by atoms with Gasteiger partial charge >= 0.3 is 12.3 Å². The van der Waals surface area contributed by atoms with Crippen molar-refractivity contribution < 1.29 is 31.5 Å². The molecule has 4 heterocycles. The van der Waals surface area contributed by atoms with Gasteiger partial charge in [0, 0.05) is 44.1 Å². The number of hydrogen-bond donors (Lipinski definition) is 1. The molecule has 4 rings (SSSR count). The number of anilines is 1. The molecule has 0 aromatic carbocycles. The number of morpholine rings is 1. The van der Waals surface area contributed by atoms with Gasteiger partial charge in [-0.05, 0) is 13.8 Å². The zero-order valence-electron chi connectivity index (χ0n) is 19.3. The number of rotatable bonds is 5. The summed E-state index contributed by atoms with van der Waals surface area (Å²) < 4.78 is 73.2. The van der Waals surface area contributed by atoms with E-state index in [1.54, 1.807) is 14.0 Å². The third-order valence-corrected chi connectivity index (χ3v) is 5.72. The lowest BCUT2D eigenvalue weighted by Crippen LogP contribution is -2.61. The molecule has 1 saturated heterocycles. The lowest BCUT2D eigenvalue weighted by atomic mass is 10.0. The maximum atomic E-state index is 14.4. The Bertz CT molecular complexity index is 1230. The van der Waals surface area contributed by atoms with E-state index >= 15 is 0 Å². The summed E-state index contributed by atoms with van der Waals surface area (Å²) in [5, 5.41) is 6.93. The Balaban J connectivity index is 1.63. The van der Waals surface area contributed by atoms with Crippen LogP contribution in [0.4, 0.5) is 27.9 Å². The second-order valence-corrected chi connectivity index (χ2v) is 8.16. The van der Waals surface area contributed by atoms with Crippen LogP contribution in [0.3, 0.4) is 0 Å². The molecule has 1 amide bonds. The van der Waals surface area contributed by atoms with E-state index in [9.17, 15) is 26.7 Å². The van der Waals surface area contributed by atoms with Crippen molar-refractivity contribution >= 4 is 11.9 Å². The molecule has 0 spiro atoms. The predicted molar refractivity (Wildman–Crippen MR) is 115 cm³/mol. The Morgan fingerprint density at radius 3 is 2.50 bits per heavy atom. The van der Waals surface area contributed by atoms with Crippen LogP contribution in [-0.2, 0) is 18.0 Å². The molecule has 15 heteroatoms. The van der Waals surface area contributed by atoms with Crippen molar-refractivity contribution in [2.24, 2.45) is 7.05 Å². The Morgan fingerprint density at radius 1 is 1.19 bits per heavy atom. The van der Waals surface area contributed by atoms with Crippen LogP contribution in [0.5, 0.6) is 0 Å². The maximum absolute atomic E-state index is 14.4. The number of carbonyl (C=O) groups is 1. The molecule has 1 fully saturated rings. The number of ether oxygens (including phenoxy) is 1. The van der Waals surface area contributed by atoms with Gasteiger partial charge < -0.3 is 15.0 Å². The van der Waals surface area contributed by atoms with Crippen LogP contribution in [0.2, 0.25) is 0 Å². The number of alkyl halides is 5. The van der Waals surface area contributed by atoms with E-state index in [-0.39, 0.29) is 18.2 Å². The van der Waals surface area contributed by atoms with E-state index in [1.807, 2.05) is 0 Å².